The van der Waals surface area contributed by atoms with Gasteiger partial charge in [-0.15, -0.1) is 0 Å². The van der Waals surface area contributed by atoms with E-state index in [9.17, 15) is 22.8 Å². The van der Waals surface area contributed by atoms with E-state index in [2.05, 4.69) is 15.8 Å². The van der Waals surface area contributed by atoms with Gasteiger partial charge in [0.2, 0.25) is 11.8 Å². The van der Waals surface area contributed by atoms with Crippen molar-refractivity contribution in [3.8, 4) is 0 Å². The van der Waals surface area contributed by atoms with Crippen LogP contribution in [-0.2, 0) is 15.8 Å². The maximum Gasteiger partial charge on any atom is 0.416 e. The Morgan fingerprint density at radius 1 is 1.08 bits per heavy atom. The molecular formula is C18H16F3N3O2. The van der Waals surface area contributed by atoms with Gasteiger partial charge in [0.05, 0.1) is 11.8 Å². The Balaban J connectivity index is 1.85. The van der Waals surface area contributed by atoms with E-state index >= 15 is 0 Å². The average Bonchev–Trinajstić information content (AvgIpc) is 2.56. The molecule has 0 atom stereocenters. The number of hydrogen-bond acceptors (Lipinski definition) is 3. The highest BCUT2D eigenvalue weighted by Crippen LogP contribution is 2.30. The van der Waals surface area contributed by atoms with E-state index in [4.69, 9.17) is 0 Å². The summed E-state index contributed by atoms with van der Waals surface area (Å²) in [6.07, 6.45) is -3.66. The van der Waals surface area contributed by atoms with Gasteiger partial charge in [-0.3, -0.25) is 9.59 Å². The minimum Gasteiger partial charge on any atom is -0.326 e. The van der Waals surface area contributed by atoms with Crippen LogP contribution in [0.1, 0.15) is 23.1 Å². The molecule has 0 aromatic heterocycles. The van der Waals surface area contributed by atoms with Gasteiger partial charge >= 0.3 is 6.18 Å². The van der Waals surface area contributed by atoms with Crippen LogP contribution in [0.4, 0.5) is 18.9 Å². The van der Waals surface area contributed by atoms with Crippen molar-refractivity contribution in [1.82, 2.24) is 5.43 Å². The van der Waals surface area contributed by atoms with Crippen molar-refractivity contribution in [3.05, 3.63) is 65.2 Å². The normalized spacial score (nSPS) is 11.4. The van der Waals surface area contributed by atoms with E-state index < -0.39 is 30.0 Å². The van der Waals surface area contributed by atoms with E-state index in [0.29, 0.717) is 0 Å². The van der Waals surface area contributed by atoms with Crippen molar-refractivity contribution in [2.45, 2.75) is 19.5 Å². The van der Waals surface area contributed by atoms with Crippen LogP contribution in [0.2, 0.25) is 0 Å². The van der Waals surface area contributed by atoms with E-state index in [1.807, 2.05) is 31.2 Å². The fraction of sp³-hybridized carbons (Fsp3) is 0.167. The fourth-order valence-corrected chi connectivity index (χ4v) is 2.00. The SMILES string of the molecule is Cc1ccc(/C=N\NC(=O)CC(=O)Nc2cccc(C(F)(F)F)c2)cc1. The van der Waals surface area contributed by atoms with Crippen LogP contribution < -0.4 is 10.7 Å². The summed E-state index contributed by atoms with van der Waals surface area (Å²) >= 11 is 0. The van der Waals surface area contributed by atoms with Crippen molar-refractivity contribution >= 4 is 23.7 Å². The second kappa shape index (κ2) is 8.28. The molecule has 2 aromatic carbocycles. The molecule has 136 valence electrons. The Kier molecular flexibility index (Phi) is 6.11. The molecular weight excluding hydrogens is 347 g/mol. The summed E-state index contributed by atoms with van der Waals surface area (Å²) in [5, 5.41) is 5.97. The molecule has 0 spiro atoms. The molecule has 0 saturated heterocycles. The molecule has 0 fully saturated rings. The predicted octanol–water partition coefficient (Wildman–Crippen LogP) is 3.49. The second-order valence-corrected chi connectivity index (χ2v) is 5.51. The van der Waals surface area contributed by atoms with Gasteiger partial charge < -0.3 is 5.32 Å². The fourth-order valence-electron chi connectivity index (χ4n) is 2.00. The Morgan fingerprint density at radius 2 is 1.77 bits per heavy atom. The number of nitrogens with zero attached hydrogens (tertiary/aromatic N) is 1. The lowest BCUT2D eigenvalue weighted by Crippen LogP contribution is -2.24. The molecule has 0 unspecified atom stereocenters. The number of benzene rings is 2. The zero-order valence-electron chi connectivity index (χ0n) is 13.8. The molecule has 0 saturated carbocycles. The summed E-state index contributed by atoms with van der Waals surface area (Å²) in [7, 11) is 0. The lowest BCUT2D eigenvalue weighted by Gasteiger charge is -2.09. The summed E-state index contributed by atoms with van der Waals surface area (Å²) in [5.41, 5.74) is 3.11. The van der Waals surface area contributed by atoms with Gasteiger partial charge in [-0.05, 0) is 30.7 Å². The Hall–Kier alpha value is -3.16. The molecule has 2 amide bonds. The smallest absolute Gasteiger partial charge is 0.326 e. The standard InChI is InChI=1S/C18H16F3N3O2/c1-12-5-7-13(8-6-12)11-22-24-17(26)10-16(25)23-15-4-2-3-14(9-15)18(19,20)21/h2-9,11H,10H2,1H3,(H,23,25)(H,24,26)/b22-11-. The number of aryl methyl sites for hydroxylation is 1. The third-order valence-electron chi connectivity index (χ3n) is 3.27. The molecule has 8 heteroatoms. The number of anilines is 1. The first kappa shape index (κ1) is 19.2. The maximum atomic E-state index is 12.6. The van der Waals surface area contributed by atoms with Crippen LogP contribution in [0.5, 0.6) is 0 Å². The number of hydrazone groups is 1. The first-order valence-electron chi connectivity index (χ1n) is 7.60. The number of halogens is 3. The van der Waals surface area contributed by atoms with Crippen molar-refractivity contribution in [2.24, 2.45) is 5.10 Å². The quantitative estimate of drug-likeness (QED) is 0.485. The van der Waals surface area contributed by atoms with Crippen LogP contribution >= 0.6 is 0 Å². The Bertz CT molecular complexity index is 815. The van der Waals surface area contributed by atoms with E-state index in [0.717, 1.165) is 23.3 Å². The van der Waals surface area contributed by atoms with Crippen molar-refractivity contribution in [2.75, 3.05) is 5.32 Å². The van der Waals surface area contributed by atoms with Crippen molar-refractivity contribution < 1.29 is 22.8 Å². The topological polar surface area (TPSA) is 70.6 Å². The van der Waals surface area contributed by atoms with Crippen LogP contribution in [-0.4, -0.2) is 18.0 Å². The summed E-state index contributed by atoms with van der Waals surface area (Å²) < 4.78 is 37.9. The summed E-state index contributed by atoms with van der Waals surface area (Å²) in [5.74, 6) is -1.43. The Labute approximate surface area is 147 Å². The number of nitrogens with one attached hydrogen (secondary N) is 2. The third-order valence-corrected chi connectivity index (χ3v) is 3.27. The number of amides is 2. The molecule has 0 heterocycles. The molecule has 26 heavy (non-hydrogen) atoms. The zero-order valence-corrected chi connectivity index (χ0v) is 13.8. The van der Waals surface area contributed by atoms with Crippen LogP contribution in [0.25, 0.3) is 0 Å². The highest BCUT2D eigenvalue weighted by atomic mass is 19.4. The van der Waals surface area contributed by atoms with E-state index in [1.165, 1.54) is 18.3 Å². The van der Waals surface area contributed by atoms with Gasteiger partial charge in [0, 0.05) is 5.69 Å². The molecule has 0 aliphatic rings. The molecule has 2 rings (SSSR count). The molecule has 0 bridgehead atoms. The van der Waals surface area contributed by atoms with Gasteiger partial charge in [0.15, 0.2) is 0 Å². The Morgan fingerprint density at radius 3 is 2.42 bits per heavy atom. The lowest BCUT2D eigenvalue weighted by molar-refractivity contribution is -0.137. The van der Waals surface area contributed by atoms with Gasteiger partial charge in [0.25, 0.3) is 0 Å². The monoisotopic (exact) mass is 363 g/mol. The van der Waals surface area contributed by atoms with Crippen molar-refractivity contribution in [3.63, 3.8) is 0 Å². The van der Waals surface area contributed by atoms with E-state index in [-0.39, 0.29) is 5.69 Å². The summed E-state index contributed by atoms with van der Waals surface area (Å²) in [6, 6.07) is 11.5. The molecule has 5 nitrogen and oxygen atoms in total. The summed E-state index contributed by atoms with van der Waals surface area (Å²) in [6.45, 7) is 1.94. The lowest BCUT2D eigenvalue weighted by atomic mass is 10.2. The van der Waals surface area contributed by atoms with Crippen LogP contribution in [0, 0.1) is 6.92 Å². The number of rotatable bonds is 5. The molecule has 2 N–H and O–H groups in total. The molecule has 2 aromatic rings. The van der Waals surface area contributed by atoms with Gasteiger partial charge in [-0.25, -0.2) is 5.43 Å². The highest BCUT2D eigenvalue weighted by Gasteiger charge is 2.30. The van der Waals surface area contributed by atoms with Gasteiger partial charge in [-0.1, -0.05) is 35.9 Å². The minimum absolute atomic E-state index is 0.0409. The number of hydrogen-bond donors (Lipinski definition) is 2. The maximum absolute atomic E-state index is 12.6. The number of alkyl halides is 3. The largest absolute Gasteiger partial charge is 0.416 e. The van der Waals surface area contributed by atoms with Crippen LogP contribution in [0.15, 0.2) is 53.6 Å². The average molecular weight is 363 g/mol. The summed E-state index contributed by atoms with van der Waals surface area (Å²) in [4.78, 5) is 23.4. The second-order valence-electron chi connectivity index (χ2n) is 5.51. The van der Waals surface area contributed by atoms with Crippen molar-refractivity contribution in [1.29, 1.82) is 0 Å². The number of carbonyl (C=O) groups is 2. The number of carbonyl (C=O) groups excluding carboxylic acids is 2. The first-order valence-corrected chi connectivity index (χ1v) is 7.60. The molecule has 0 aliphatic carbocycles. The van der Waals surface area contributed by atoms with Gasteiger partial charge in [-0.2, -0.15) is 18.3 Å². The highest BCUT2D eigenvalue weighted by molar-refractivity contribution is 6.03. The van der Waals surface area contributed by atoms with Gasteiger partial charge in [0.1, 0.15) is 6.42 Å². The minimum atomic E-state index is -4.51. The zero-order chi connectivity index (χ0) is 19.2. The molecule has 0 radical (unpaired) electrons. The predicted molar refractivity (Wildman–Crippen MR) is 91.6 cm³/mol. The third kappa shape index (κ3) is 6.04. The first-order chi connectivity index (χ1) is 12.2. The van der Waals surface area contributed by atoms with E-state index in [1.54, 1.807) is 0 Å². The molecule has 0 aliphatic heterocycles. The van der Waals surface area contributed by atoms with Crippen LogP contribution in [0.3, 0.4) is 0 Å².